The van der Waals surface area contributed by atoms with Crippen LogP contribution < -0.4 is 16.0 Å². The number of hydrogen-bond donors (Lipinski definition) is 2. The van der Waals surface area contributed by atoms with Crippen LogP contribution in [0.3, 0.4) is 0 Å². The van der Waals surface area contributed by atoms with E-state index in [1.165, 1.54) is 18.5 Å². The Balaban J connectivity index is 1.62. The van der Waals surface area contributed by atoms with Crippen molar-refractivity contribution in [3.05, 3.63) is 47.7 Å². The molecule has 1 amide bonds. The van der Waals surface area contributed by atoms with Crippen LogP contribution in [-0.4, -0.2) is 35.0 Å². The molecule has 1 aliphatic rings. The van der Waals surface area contributed by atoms with Gasteiger partial charge in [-0.1, -0.05) is 12.1 Å². The van der Waals surface area contributed by atoms with Gasteiger partial charge in [0.05, 0.1) is 5.69 Å². The first-order valence-corrected chi connectivity index (χ1v) is 7.93. The number of aromatic nitrogens is 2. The standard InChI is InChI=1S/C17H20FN5O/c1-11-3-2-4-13(18)15(11)23-9-5-12(6-10-23)22-17(24)14-16(19)21-8-7-20-14/h2-4,7-8,12H,5-6,9-10H2,1H3,(H2,19,21)(H,22,24). The average Bonchev–Trinajstić information content (AvgIpc) is 2.56. The topological polar surface area (TPSA) is 84.1 Å². The minimum atomic E-state index is -0.318. The second-order valence-corrected chi connectivity index (χ2v) is 5.93. The number of halogens is 1. The van der Waals surface area contributed by atoms with Crippen LogP contribution in [0.2, 0.25) is 0 Å². The van der Waals surface area contributed by atoms with Crippen molar-refractivity contribution in [2.75, 3.05) is 23.7 Å². The molecule has 6 nitrogen and oxygen atoms in total. The molecule has 0 atom stereocenters. The van der Waals surface area contributed by atoms with Gasteiger partial charge >= 0.3 is 0 Å². The quantitative estimate of drug-likeness (QED) is 0.898. The summed E-state index contributed by atoms with van der Waals surface area (Å²) in [6, 6.07) is 5.12. The van der Waals surface area contributed by atoms with E-state index in [0.717, 1.165) is 18.4 Å². The summed E-state index contributed by atoms with van der Waals surface area (Å²) >= 11 is 0. The van der Waals surface area contributed by atoms with Gasteiger partial charge in [0, 0.05) is 31.5 Å². The van der Waals surface area contributed by atoms with Crippen molar-refractivity contribution in [2.45, 2.75) is 25.8 Å². The number of nitrogens with one attached hydrogen (secondary N) is 1. The maximum Gasteiger partial charge on any atom is 0.273 e. The Morgan fingerprint density at radius 3 is 2.67 bits per heavy atom. The predicted octanol–water partition coefficient (Wildman–Crippen LogP) is 1.91. The fourth-order valence-corrected chi connectivity index (χ4v) is 3.05. The second-order valence-electron chi connectivity index (χ2n) is 5.93. The van der Waals surface area contributed by atoms with Crippen molar-refractivity contribution in [3.63, 3.8) is 0 Å². The number of nitrogens with two attached hydrogens (primary N) is 1. The smallest absolute Gasteiger partial charge is 0.273 e. The SMILES string of the molecule is Cc1cccc(F)c1N1CCC(NC(=O)c2nccnc2N)CC1. The van der Waals surface area contributed by atoms with Crippen LogP contribution in [0.4, 0.5) is 15.9 Å². The van der Waals surface area contributed by atoms with Crippen molar-refractivity contribution in [3.8, 4) is 0 Å². The fourth-order valence-electron chi connectivity index (χ4n) is 3.05. The van der Waals surface area contributed by atoms with Gasteiger partial charge in [-0.05, 0) is 31.4 Å². The summed E-state index contributed by atoms with van der Waals surface area (Å²) in [5.41, 5.74) is 7.39. The van der Waals surface area contributed by atoms with Crippen LogP contribution in [0, 0.1) is 12.7 Å². The Bertz CT molecular complexity index is 723. The second kappa shape index (κ2) is 6.82. The molecule has 1 aromatic carbocycles. The van der Waals surface area contributed by atoms with Crippen molar-refractivity contribution in [2.24, 2.45) is 0 Å². The van der Waals surface area contributed by atoms with Gasteiger partial charge in [-0.15, -0.1) is 0 Å². The Kier molecular flexibility index (Phi) is 4.59. The van der Waals surface area contributed by atoms with E-state index in [4.69, 9.17) is 5.73 Å². The van der Waals surface area contributed by atoms with Gasteiger partial charge in [-0.2, -0.15) is 0 Å². The van der Waals surface area contributed by atoms with Crippen LogP contribution in [0.15, 0.2) is 30.6 Å². The number of nitrogens with zero attached hydrogens (tertiary/aromatic N) is 3. The Morgan fingerprint density at radius 2 is 2.00 bits per heavy atom. The first kappa shape index (κ1) is 16.2. The number of piperidine rings is 1. The zero-order valence-corrected chi connectivity index (χ0v) is 13.5. The highest BCUT2D eigenvalue weighted by Crippen LogP contribution is 2.26. The zero-order valence-electron chi connectivity index (χ0n) is 13.5. The zero-order chi connectivity index (χ0) is 17.1. The maximum atomic E-state index is 14.1. The molecule has 3 N–H and O–H groups in total. The number of rotatable bonds is 3. The number of amides is 1. The number of carbonyl (C=O) groups excluding carboxylic acids is 1. The molecule has 0 unspecified atom stereocenters. The minimum absolute atomic E-state index is 0.0160. The van der Waals surface area contributed by atoms with Gasteiger partial charge in [0.2, 0.25) is 0 Å². The molecule has 1 aliphatic heterocycles. The molecule has 1 fully saturated rings. The maximum absolute atomic E-state index is 14.1. The van der Waals surface area contributed by atoms with E-state index in [0.29, 0.717) is 18.8 Å². The van der Waals surface area contributed by atoms with Gasteiger partial charge in [-0.3, -0.25) is 4.79 Å². The molecule has 126 valence electrons. The molecule has 7 heteroatoms. The summed E-state index contributed by atoms with van der Waals surface area (Å²) in [5.74, 6) is -0.402. The average molecular weight is 329 g/mol. The number of benzene rings is 1. The van der Waals surface area contributed by atoms with Crippen molar-refractivity contribution < 1.29 is 9.18 Å². The van der Waals surface area contributed by atoms with Crippen molar-refractivity contribution in [1.29, 1.82) is 0 Å². The molecule has 24 heavy (non-hydrogen) atoms. The number of carbonyl (C=O) groups is 1. The van der Waals surface area contributed by atoms with Crippen molar-refractivity contribution in [1.82, 2.24) is 15.3 Å². The predicted molar refractivity (Wildman–Crippen MR) is 90.3 cm³/mol. The number of anilines is 2. The number of nitrogen functional groups attached to an aromatic ring is 1. The van der Waals surface area contributed by atoms with Gasteiger partial charge < -0.3 is 16.0 Å². The van der Waals surface area contributed by atoms with Gasteiger partial charge in [0.25, 0.3) is 5.91 Å². The van der Waals surface area contributed by atoms with Gasteiger partial charge in [0.1, 0.15) is 5.82 Å². The minimum Gasteiger partial charge on any atom is -0.382 e. The van der Waals surface area contributed by atoms with E-state index in [9.17, 15) is 9.18 Å². The molecule has 0 saturated carbocycles. The lowest BCUT2D eigenvalue weighted by Gasteiger charge is -2.34. The molecule has 1 saturated heterocycles. The monoisotopic (exact) mass is 329 g/mol. The highest BCUT2D eigenvalue weighted by Gasteiger charge is 2.24. The molecule has 0 radical (unpaired) electrons. The largest absolute Gasteiger partial charge is 0.382 e. The lowest BCUT2D eigenvalue weighted by molar-refractivity contribution is 0.0926. The van der Waals surface area contributed by atoms with E-state index >= 15 is 0 Å². The van der Waals surface area contributed by atoms with Crippen LogP contribution in [0.25, 0.3) is 0 Å². The van der Waals surface area contributed by atoms with E-state index in [1.54, 1.807) is 6.07 Å². The molecule has 2 aromatic rings. The summed E-state index contributed by atoms with van der Waals surface area (Å²) in [6.07, 6.45) is 4.36. The van der Waals surface area contributed by atoms with Gasteiger partial charge in [0.15, 0.2) is 11.5 Å². The molecule has 0 spiro atoms. The third kappa shape index (κ3) is 3.29. The molecule has 3 rings (SSSR count). The lowest BCUT2D eigenvalue weighted by atomic mass is 10.0. The number of para-hydroxylation sites is 1. The number of aryl methyl sites for hydroxylation is 1. The summed E-state index contributed by atoms with van der Waals surface area (Å²) in [4.78, 5) is 22.1. The molecule has 0 bridgehead atoms. The first-order valence-electron chi connectivity index (χ1n) is 7.93. The number of hydrogen-bond acceptors (Lipinski definition) is 5. The highest BCUT2D eigenvalue weighted by atomic mass is 19.1. The third-order valence-electron chi connectivity index (χ3n) is 4.28. The Labute approximate surface area is 139 Å². The summed E-state index contributed by atoms with van der Waals surface area (Å²) in [6.45, 7) is 3.27. The first-order chi connectivity index (χ1) is 11.6. The summed E-state index contributed by atoms with van der Waals surface area (Å²) < 4.78 is 14.1. The molecule has 2 heterocycles. The van der Waals surface area contributed by atoms with Crippen molar-refractivity contribution >= 4 is 17.4 Å². The Hall–Kier alpha value is -2.70. The Morgan fingerprint density at radius 1 is 1.29 bits per heavy atom. The van der Waals surface area contributed by atoms with Gasteiger partial charge in [-0.25, -0.2) is 14.4 Å². The van der Waals surface area contributed by atoms with Crippen LogP contribution in [-0.2, 0) is 0 Å². The molecular weight excluding hydrogens is 309 g/mol. The normalized spacial score (nSPS) is 15.3. The van der Waals surface area contributed by atoms with Crippen LogP contribution in [0.5, 0.6) is 0 Å². The van der Waals surface area contributed by atoms with E-state index in [2.05, 4.69) is 15.3 Å². The van der Waals surface area contributed by atoms with E-state index < -0.39 is 0 Å². The third-order valence-corrected chi connectivity index (χ3v) is 4.28. The van der Waals surface area contributed by atoms with E-state index in [-0.39, 0.29) is 29.3 Å². The molecule has 1 aromatic heterocycles. The van der Waals surface area contributed by atoms with E-state index in [1.807, 2.05) is 17.9 Å². The molecule has 0 aliphatic carbocycles. The summed E-state index contributed by atoms with van der Waals surface area (Å²) in [5, 5.41) is 2.94. The molecular formula is C17H20FN5O. The lowest BCUT2D eigenvalue weighted by Crippen LogP contribution is -2.45. The highest BCUT2D eigenvalue weighted by molar-refractivity contribution is 5.96. The summed E-state index contributed by atoms with van der Waals surface area (Å²) in [7, 11) is 0. The fraction of sp³-hybridized carbons (Fsp3) is 0.353. The van der Waals surface area contributed by atoms with Crippen LogP contribution >= 0.6 is 0 Å². The van der Waals surface area contributed by atoms with Crippen LogP contribution in [0.1, 0.15) is 28.9 Å².